The summed E-state index contributed by atoms with van der Waals surface area (Å²) in [5.74, 6) is 0.316. The fraction of sp³-hybridized carbons (Fsp3) is 0.714. The van der Waals surface area contributed by atoms with Crippen molar-refractivity contribution in [3.63, 3.8) is 0 Å². The highest BCUT2D eigenvalue weighted by Crippen LogP contribution is 2.10. The third-order valence-electron chi connectivity index (χ3n) is 1.91. The number of rotatable bonds is 6. The molecule has 0 aromatic carbocycles. The molecule has 0 radical (unpaired) electrons. The highest BCUT2D eigenvalue weighted by molar-refractivity contribution is 5.87. The third kappa shape index (κ3) is 8.53. The number of amides is 1. The van der Waals surface area contributed by atoms with E-state index in [1.807, 2.05) is 19.9 Å². The van der Waals surface area contributed by atoms with Crippen LogP contribution >= 0.6 is 0 Å². The minimum absolute atomic E-state index is 0.297. The van der Waals surface area contributed by atoms with Crippen molar-refractivity contribution < 1.29 is 19.4 Å². The molecule has 0 fully saturated rings. The number of hydrogen-bond donors (Lipinski definition) is 0. The molecule has 0 heterocycles. The number of hydrogen-bond acceptors (Lipinski definition) is 5. The molecule has 0 unspecified atom stereocenters. The van der Waals surface area contributed by atoms with Gasteiger partial charge in [0.1, 0.15) is 5.60 Å². The minimum atomic E-state index is -0.602. The minimum Gasteiger partial charge on any atom is -0.442 e. The lowest BCUT2D eigenvalue weighted by molar-refractivity contribution is -0.359. The summed E-state index contributed by atoms with van der Waals surface area (Å²) in [6.07, 6.45) is 3.85. The molecule has 1 amide bonds. The van der Waals surface area contributed by atoms with E-state index in [4.69, 9.17) is 14.6 Å². The molecule has 0 aliphatic carbocycles. The molecular formula is C14H26N2O4. The van der Waals surface area contributed by atoms with E-state index >= 15 is 0 Å². The summed E-state index contributed by atoms with van der Waals surface area (Å²) >= 11 is 0. The lowest BCUT2D eigenvalue weighted by Crippen LogP contribution is -2.37. The summed E-state index contributed by atoms with van der Waals surface area (Å²) in [5, 5.41) is 0.996. The van der Waals surface area contributed by atoms with Gasteiger partial charge in [0.25, 0.3) is 5.90 Å². The number of allylic oxidation sites excluding steroid dienone is 1. The summed E-state index contributed by atoms with van der Waals surface area (Å²) in [7, 11) is 0. The lowest BCUT2D eigenvalue weighted by atomic mass is 10.2. The summed E-state index contributed by atoms with van der Waals surface area (Å²) in [4.78, 5) is 26.0. The van der Waals surface area contributed by atoms with Gasteiger partial charge >= 0.3 is 6.09 Å². The molecule has 116 valence electrons. The van der Waals surface area contributed by atoms with Crippen molar-refractivity contribution in [2.75, 3.05) is 13.1 Å². The van der Waals surface area contributed by atoms with Crippen molar-refractivity contribution in [2.24, 2.45) is 4.99 Å². The van der Waals surface area contributed by atoms with Crippen LogP contribution in [0.4, 0.5) is 4.79 Å². The second kappa shape index (κ2) is 9.36. The van der Waals surface area contributed by atoms with Gasteiger partial charge in [-0.1, -0.05) is 18.0 Å². The maximum atomic E-state index is 11.8. The van der Waals surface area contributed by atoms with E-state index in [0.717, 1.165) is 11.5 Å². The van der Waals surface area contributed by atoms with Crippen LogP contribution in [0.5, 0.6) is 0 Å². The molecule has 0 aromatic heterocycles. The maximum Gasteiger partial charge on any atom is 0.437 e. The van der Waals surface area contributed by atoms with Crippen molar-refractivity contribution in [1.82, 2.24) is 5.06 Å². The normalized spacial score (nSPS) is 12.6. The maximum absolute atomic E-state index is 11.8. The second-order valence-electron chi connectivity index (χ2n) is 4.96. The monoisotopic (exact) mass is 286 g/mol. The summed E-state index contributed by atoms with van der Waals surface area (Å²) in [5.41, 5.74) is -0.587. The average Bonchev–Trinajstić information content (AvgIpc) is 2.34. The van der Waals surface area contributed by atoms with Crippen molar-refractivity contribution >= 4 is 12.0 Å². The molecule has 6 heteroatoms. The van der Waals surface area contributed by atoms with Crippen LogP contribution in [0.1, 0.15) is 48.0 Å². The summed E-state index contributed by atoms with van der Waals surface area (Å²) in [6.45, 7) is 11.9. The molecule has 20 heavy (non-hydrogen) atoms. The zero-order valence-corrected chi connectivity index (χ0v) is 13.3. The Hall–Kier alpha value is -1.56. The first kappa shape index (κ1) is 18.4. The van der Waals surface area contributed by atoms with Crippen molar-refractivity contribution in [2.45, 2.75) is 53.6 Å². The third-order valence-corrected chi connectivity index (χ3v) is 1.91. The van der Waals surface area contributed by atoms with Crippen LogP contribution in [0.15, 0.2) is 17.1 Å². The summed E-state index contributed by atoms with van der Waals surface area (Å²) in [6, 6.07) is 0. The van der Waals surface area contributed by atoms with Crippen LogP contribution in [-0.2, 0) is 14.6 Å². The Bertz CT molecular complexity index is 346. The highest BCUT2D eigenvalue weighted by Gasteiger charge is 2.23. The number of aliphatic imine (C=N–C) groups is 1. The quantitative estimate of drug-likeness (QED) is 0.324. The van der Waals surface area contributed by atoms with Crippen LogP contribution in [-0.4, -0.2) is 35.7 Å². The fourth-order valence-corrected chi connectivity index (χ4v) is 1.09. The van der Waals surface area contributed by atoms with Gasteiger partial charge in [0.05, 0.1) is 6.54 Å². The molecule has 6 nitrogen and oxygen atoms in total. The molecule has 0 saturated carbocycles. The first-order chi connectivity index (χ1) is 9.34. The van der Waals surface area contributed by atoms with E-state index in [-0.39, 0.29) is 0 Å². The molecule has 0 aromatic rings. The van der Waals surface area contributed by atoms with E-state index in [1.54, 1.807) is 33.8 Å². The molecular weight excluding hydrogens is 260 g/mol. The molecule has 0 aliphatic rings. The van der Waals surface area contributed by atoms with Gasteiger partial charge in [-0.25, -0.2) is 9.79 Å². The van der Waals surface area contributed by atoms with Crippen LogP contribution in [0.2, 0.25) is 0 Å². The van der Waals surface area contributed by atoms with E-state index in [0.29, 0.717) is 19.0 Å². The Morgan fingerprint density at radius 3 is 2.35 bits per heavy atom. The largest absolute Gasteiger partial charge is 0.442 e. The molecule has 0 spiro atoms. The molecule has 0 aliphatic heterocycles. The zero-order chi connectivity index (χ0) is 15.6. The van der Waals surface area contributed by atoms with Gasteiger partial charge in [-0.05, 0) is 47.1 Å². The molecule has 0 rings (SSSR count). The average molecular weight is 286 g/mol. The second-order valence-corrected chi connectivity index (χ2v) is 4.96. The first-order valence-corrected chi connectivity index (χ1v) is 6.90. The van der Waals surface area contributed by atoms with Crippen molar-refractivity contribution in [1.29, 1.82) is 0 Å². The van der Waals surface area contributed by atoms with Crippen LogP contribution < -0.4 is 0 Å². The smallest absolute Gasteiger partial charge is 0.437 e. The first-order valence-electron chi connectivity index (χ1n) is 6.90. The van der Waals surface area contributed by atoms with E-state index < -0.39 is 11.7 Å². The number of ether oxygens (including phenoxy) is 1. The SMILES string of the molecule is CC/C=C/C(=N\CC)OON(CC)C(=O)OC(C)(C)C. The van der Waals surface area contributed by atoms with Gasteiger partial charge < -0.3 is 4.74 Å². The Kier molecular flexibility index (Phi) is 8.63. The van der Waals surface area contributed by atoms with Crippen LogP contribution in [0, 0.1) is 0 Å². The van der Waals surface area contributed by atoms with Crippen LogP contribution in [0.25, 0.3) is 0 Å². The fourth-order valence-electron chi connectivity index (χ4n) is 1.09. The standard InChI is InChI=1S/C14H26N2O4/c1-7-10-11-12(15-8-2)19-20-16(9-3)13(17)18-14(4,5)6/h10-11H,7-9H2,1-6H3/b11-10+,15-12+. The van der Waals surface area contributed by atoms with Gasteiger partial charge in [0.15, 0.2) is 0 Å². The molecule has 0 bridgehead atoms. The number of nitrogens with zero attached hydrogens (tertiary/aromatic N) is 2. The van der Waals surface area contributed by atoms with Gasteiger partial charge in [0.2, 0.25) is 0 Å². The number of carbonyl (C=O) groups excluding carboxylic acids is 1. The Morgan fingerprint density at radius 1 is 1.25 bits per heavy atom. The van der Waals surface area contributed by atoms with E-state index in [1.165, 1.54) is 0 Å². The van der Waals surface area contributed by atoms with Gasteiger partial charge in [0, 0.05) is 6.54 Å². The molecule has 0 saturated heterocycles. The van der Waals surface area contributed by atoms with E-state index in [2.05, 4.69) is 4.99 Å². The highest BCUT2D eigenvalue weighted by atomic mass is 17.3. The van der Waals surface area contributed by atoms with Gasteiger partial charge in [-0.3, -0.25) is 4.89 Å². The predicted octanol–water partition coefficient (Wildman–Crippen LogP) is 3.49. The van der Waals surface area contributed by atoms with E-state index in [9.17, 15) is 4.79 Å². The zero-order valence-electron chi connectivity index (χ0n) is 13.3. The van der Waals surface area contributed by atoms with Gasteiger partial charge in [-0.2, -0.15) is 0 Å². The predicted molar refractivity (Wildman–Crippen MR) is 78.2 cm³/mol. The van der Waals surface area contributed by atoms with Gasteiger partial charge in [-0.15, -0.1) is 5.06 Å². The Morgan fingerprint density at radius 2 is 1.90 bits per heavy atom. The van der Waals surface area contributed by atoms with Crippen LogP contribution in [0.3, 0.4) is 0 Å². The lowest BCUT2D eigenvalue weighted by Gasteiger charge is -2.24. The van der Waals surface area contributed by atoms with Crippen molar-refractivity contribution in [3.05, 3.63) is 12.2 Å². The Balaban J connectivity index is 4.52. The molecule has 0 N–H and O–H groups in total. The topological polar surface area (TPSA) is 60.4 Å². The molecule has 0 atom stereocenters. The number of hydroxylamine groups is 2. The Labute approximate surface area is 121 Å². The van der Waals surface area contributed by atoms with Crippen molar-refractivity contribution in [3.8, 4) is 0 Å². The number of carbonyl (C=O) groups is 1. The summed E-state index contributed by atoms with van der Waals surface area (Å²) < 4.78 is 5.19.